The molecule has 1 N–H and O–H groups in total. The first-order valence-electron chi connectivity index (χ1n) is 5.62. The predicted molar refractivity (Wildman–Crippen MR) is 74.0 cm³/mol. The van der Waals surface area contributed by atoms with Gasteiger partial charge in [-0.3, -0.25) is 0 Å². The van der Waals surface area contributed by atoms with E-state index in [4.69, 9.17) is 9.15 Å². The van der Waals surface area contributed by atoms with Gasteiger partial charge in [0.25, 0.3) is 0 Å². The summed E-state index contributed by atoms with van der Waals surface area (Å²) in [6.07, 6.45) is 3.80. The van der Waals surface area contributed by atoms with E-state index in [1.807, 2.05) is 24.3 Å². The molecule has 0 aliphatic rings. The van der Waals surface area contributed by atoms with Gasteiger partial charge in [-0.25, -0.2) is 4.98 Å². The Bertz CT molecular complexity index is 482. The standard InChI is InChI=1S/C13H16N2O2S/c1-16-13-6-3-10(7-15-13)14-8-11-4-5-12(17-11)9-18-2/h3-7,14H,8-9H2,1-2H3. The van der Waals surface area contributed by atoms with Gasteiger partial charge in [0.1, 0.15) is 11.5 Å². The van der Waals surface area contributed by atoms with Gasteiger partial charge in [0.2, 0.25) is 5.88 Å². The molecule has 2 aromatic heterocycles. The van der Waals surface area contributed by atoms with Crippen molar-refractivity contribution in [3.05, 3.63) is 42.0 Å². The van der Waals surface area contributed by atoms with Crippen LogP contribution in [0.25, 0.3) is 0 Å². The fourth-order valence-corrected chi connectivity index (χ4v) is 1.97. The quantitative estimate of drug-likeness (QED) is 0.868. The molecule has 0 aliphatic heterocycles. The van der Waals surface area contributed by atoms with Crippen LogP contribution in [-0.2, 0) is 12.3 Å². The number of pyridine rings is 1. The van der Waals surface area contributed by atoms with E-state index in [9.17, 15) is 0 Å². The summed E-state index contributed by atoms with van der Waals surface area (Å²) in [6, 6.07) is 7.76. The van der Waals surface area contributed by atoms with Crippen molar-refractivity contribution >= 4 is 17.4 Å². The fourth-order valence-electron chi connectivity index (χ4n) is 1.53. The smallest absolute Gasteiger partial charge is 0.213 e. The highest BCUT2D eigenvalue weighted by molar-refractivity contribution is 7.97. The average Bonchev–Trinajstić information content (AvgIpc) is 2.85. The van der Waals surface area contributed by atoms with Crippen molar-refractivity contribution in [3.63, 3.8) is 0 Å². The molecule has 0 saturated carbocycles. The topological polar surface area (TPSA) is 47.3 Å². The number of hydrogen-bond donors (Lipinski definition) is 1. The van der Waals surface area contributed by atoms with Crippen molar-refractivity contribution in [2.45, 2.75) is 12.3 Å². The summed E-state index contributed by atoms with van der Waals surface area (Å²) in [7, 11) is 1.60. The number of anilines is 1. The third-order valence-corrected chi connectivity index (χ3v) is 2.99. The van der Waals surface area contributed by atoms with E-state index < -0.39 is 0 Å². The zero-order chi connectivity index (χ0) is 12.8. The van der Waals surface area contributed by atoms with Crippen molar-refractivity contribution in [1.82, 2.24) is 4.98 Å². The second-order valence-electron chi connectivity index (χ2n) is 3.74. The van der Waals surface area contributed by atoms with E-state index in [0.717, 1.165) is 23.0 Å². The molecule has 0 radical (unpaired) electrons. The number of hydrogen-bond acceptors (Lipinski definition) is 5. The van der Waals surface area contributed by atoms with Crippen molar-refractivity contribution in [3.8, 4) is 5.88 Å². The van der Waals surface area contributed by atoms with E-state index in [1.54, 1.807) is 25.1 Å². The zero-order valence-corrected chi connectivity index (χ0v) is 11.3. The molecule has 0 fully saturated rings. The molecule has 0 aliphatic carbocycles. The Balaban J connectivity index is 1.89. The number of thioether (sulfide) groups is 1. The Labute approximate surface area is 111 Å². The largest absolute Gasteiger partial charge is 0.481 e. The SMILES string of the molecule is COc1ccc(NCc2ccc(CSC)o2)cn1. The highest BCUT2D eigenvalue weighted by Crippen LogP contribution is 2.16. The number of ether oxygens (including phenoxy) is 1. The lowest BCUT2D eigenvalue weighted by molar-refractivity contribution is 0.398. The Morgan fingerprint density at radius 2 is 2.11 bits per heavy atom. The summed E-state index contributed by atoms with van der Waals surface area (Å²) in [6.45, 7) is 0.655. The zero-order valence-electron chi connectivity index (χ0n) is 10.5. The predicted octanol–water partition coefficient (Wildman–Crippen LogP) is 3.16. The molecule has 0 bridgehead atoms. The van der Waals surface area contributed by atoms with E-state index >= 15 is 0 Å². The summed E-state index contributed by atoms with van der Waals surface area (Å²) < 4.78 is 10.7. The monoisotopic (exact) mass is 264 g/mol. The summed E-state index contributed by atoms with van der Waals surface area (Å²) >= 11 is 1.75. The number of furan rings is 1. The maximum absolute atomic E-state index is 5.66. The van der Waals surface area contributed by atoms with Crippen LogP contribution in [0, 0.1) is 0 Å². The maximum Gasteiger partial charge on any atom is 0.213 e. The van der Waals surface area contributed by atoms with Gasteiger partial charge < -0.3 is 14.5 Å². The molecule has 2 rings (SSSR count). The number of nitrogens with zero attached hydrogens (tertiary/aromatic N) is 1. The summed E-state index contributed by atoms with van der Waals surface area (Å²) in [5, 5.41) is 3.25. The minimum absolute atomic E-state index is 0.612. The van der Waals surface area contributed by atoms with Gasteiger partial charge in [-0.05, 0) is 24.5 Å². The van der Waals surface area contributed by atoms with Gasteiger partial charge in [-0.1, -0.05) is 0 Å². The molecular weight excluding hydrogens is 248 g/mol. The third kappa shape index (κ3) is 3.43. The first-order chi connectivity index (χ1) is 8.81. The molecule has 0 saturated heterocycles. The van der Waals surface area contributed by atoms with Gasteiger partial charge in [0.05, 0.1) is 31.3 Å². The summed E-state index contributed by atoms with van der Waals surface area (Å²) in [5.41, 5.74) is 0.943. The normalized spacial score (nSPS) is 10.3. The van der Waals surface area contributed by atoms with Gasteiger partial charge >= 0.3 is 0 Å². The molecule has 0 amide bonds. The molecule has 2 aromatic rings. The van der Waals surface area contributed by atoms with E-state index in [2.05, 4.69) is 16.6 Å². The molecule has 0 spiro atoms. The minimum atomic E-state index is 0.612. The van der Waals surface area contributed by atoms with Crippen LogP contribution in [0.5, 0.6) is 5.88 Å². The van der Waals surface area contributed by atoms with Crippen LogP contribution in [0.4, 0.5) is 5.69 Å². The average molecular weight is 264 g/mol. The second kappa shape index (κ2) is 6.35. The van der Waals surface area contributed by atoms with Crippen LogP contribution in [0.2, 0.25) is 0 Å². The third-order valence-electron chi connectivity index (χ3n) is 2.42. The first kappa shape index (κ1) is 12.8. The van der Waals surface area contributed by atoms with Crippen LogP contribution < -0.4 is 10.1 Å². The minimum Gasteiger partial charge on any atom is -0.481 e. The van der Waals surface area contributed by atoms with Gasteiger partial charge in [-0.2, -0.15) is 11.8 Å². The Morgan fingerprint density at radius 3 is 2.78 bits per heavy atom. The van der Waals surface area contributed by atoms with E-state index in [1.165, 1.54) is 0 Å². The molecule has 4 nitrogen and oxygen atoms in total. The van der Waals surface area contributed by atoms with Gasteiger partial charge in [-0.15, -0.1) is 0 Å². The lowest BCUT2D eigenvalue weighted by Crippen LogP contribution is -1.98. The second-order valence-corrected chi connectivity index (χ2v) is 4.61. The molecule has 5 heteroatoms. The van der Waals surface area contributed by atoms with Crippen molar-refractivity contribution in [2.24, 2.45) is 0 Å². The number of rotatable bonds is 6. The fraction of sp³-hybridized carbons (Fsp3) is 0.308. The molecular formula is C13H16N2O2S. The lowest BCUT2D eigenvalue weighted by atomic mass is 10.4. The molecule has 0 unspecified atom stereocenters. The summed E-state index contributed by atoms with van der Waals surface area (Å²) in [5.74, 6) is 3.45. The van der Waals surface area contributed by atoms with Crippen LogP contribution in [0.3, 0.4) is 0 Å². The lowest BCUT2D eigenvalue weighted by Gasteiger charge is -2.04. The van der Waals surface area contributed by atoms with Crippen LogP contribution in [0.15, 0.2) is 34.9 Å². The molecule has 0 atom stereocenters. The van der Waals surface area contributed by atoms with Crippen LogP contribution in [-0.4, -0.2) is 18.3 Å². The number of nitrogens with one attached hydrogen (secondary N) is 1. The maximum atomic E-state index is 5.66. The highest BCUT2D eigenvalue weighted by Gasteiger charge is 2.02. The Morgan fingerprint density at radius 1 is 1.28 bits per heavy atom. The van der Waals surface area contributed by atoms with Crippen molar-refractivity contribution in [1.29, 1.82) is 0 Å². The van der Waals surface area contributed by atoms with E-state index in [-0.39, 0.29) is 0 Å². The van der Waals surface area contributed by atoms with Gasteiger partial charge in [0.15, 0.2) is 0 Å². The summed E-state index contributed by atoms with van der Waals surface area (Å²) in [4.78, 5) is 4.13. The molecule has 2 heterocycles. The van der Waals surface area contributed by atoms with Gasteiger partial charge in [0, 0.05) is 6.07 Å². The first-order valence-corrected chi connectivity index (χ1v) is 7.01. The van der Waals surface area contributed by atoms with Crippen molar-refractivity contribution < 1.29 is 9.15 Å². The number of methoxy groups -OCH3 is 1. The Kier molecular flexibility index (Phi) is 4.52. The molecule has 96 valence electrons. The highest BCUT2D eigenvalue weighted by atomic mass is 32.2. The van der Waals surface area contributed by atoms with Crippen LogP contribution in [0.1, 0.15) is 11.5 Å². The van der Waals surface area contributed by atoms with Crippen molar-refractivity contribution in [2.75, 3.05) is 18.7 Å². The molecule has 0 aromatic carbocycles. The number of aromatic nitrogens is 1. The molecule has 18 heavy (non-hydrogen) atoms. The van der Waals surface area contributed by atoms with Crippen LogP contribution >= 0.6 is 11.8 Å². The Hall–Kier alpha value is -1.62. The van der Waals surface area contributed by atoms with E-state index in [0.29, 0.717) is 12.4 Å².